The predicted octanol–water partition coefficient (Wildman–Crippen LogP) is 2.87. The topological polar surface area (TPSA) is 52.6 Å². The van der Waals surface area contributed by atoms with Crippen molar-refractivity contribution in [1.29, 1.82) is 0 Å². The molecule has 0 aromatic heterocycles. The fourth-order valence-electron chi connectivity index (χ4n) is 1.57. The maximum Gasteiger partial charge on any atom is 0.306 e. The first kappa shape index (κ1) is 15.4. The summed E-state index contributed by atoms with van der Waals surface area (Å²) >= 11 is 5.74. The highest BCUT2D eigenvalue weighted by Crippen LogP contribution is 2.30. The molecule has 0 N–H and O–H groups in total. The molecule has 0 radical (unpaired) electrons. The lowest BCUT2D eigenvalue weighted by Crippen LogP contribution is -2.18. The highest BCUT2D eigenvalue weighted by atomic mass is 35.5. The minimum atomic E-state index is -0.845. The Balaban J connectivity index is 3.00. The van der Waals surface area contributed by atoms with Crippen molar-refractivity contribution in [2.45, 2.75) is 13.3 Å². The van der Waals surface area contributed by atoms with E-state index in [1.54, 1.807) is 0 Å². The van der Waals surface area contributed by atoms with Gasteiger partial charge in [0, 0.05) is 5.92 Å². The summed E-state index contributed by atoms with van der Waals surface area (Å²) in [5, 5.41) is -0.251. The van der Waals surface area contributed by atoms with Gasteiger partial charge in [-0.15, -0.1) is 0 Å². The smallest absolute Gasteiger partial charge is 0.306 e. The van der Waals surface area contributed by atoms with Gasteiger partial charge in [0.05, 0.1) is 26.2 Å². The maximum absolute atomic E-state index is 13.9. The first-order valence-electron chi connectivity index (χ1n) is 5.55. The second-order valence-electron chi connectivity index (χ2n) is 3.99. The molecule has 1 rings (SSSR count). The van der Waals surface area contributed by atoms with E-state index < -0.39 is 23.5 Å². The maximum atomic E-state index is 13.9. The third-order valence-corrected chi connectivity index (χ3v) is 3.03. The van der Waals surface area contributed by atoms with Crippen LogP contribution in [-0.4, -0.2) is 26.0 Å². The van der Waals surface area contributed by atoms with E-state index in [9.17, 15) is 14.0 Å². The molecular formula is C13H14ClFO4. The third kappa shape index (κ3) is 3.44. The Morgan fingerprint density at radius 3 is 2.53 bits per heavy atom. The molecule has 0 spiro atoms. The lowest BCUT2D eigenvalue weighted by atomic mass is 9.96. The second-order valence-corrected chi connectivity index (χ2v) is 4.37. The van der Waals surface area contributed by atoms with Crippen molar-refractivity contribution >= 4 is 23.4 Å². The van der Waals surface area contributed by atoms with Crippen LogP contribution in [0.15, 0.2) is 12.1 Å². The number of halogens is 2. The van der Waals surface area contributed by atoms with Crippen LogP contribution >= 0.6 is 11.6 Å². The molecule has 1 atom stereocenters. The number of hydrogen-bond donors (Lipinski definition) is 0. The molecule has 0 bridgehead atoms. The van der Waals surface area contributed by atoms with Gasteiger partial charge in [-0.1, -0.05) is 18.5 Å². The molecule has 19 heavy (non-hydrogen) atoms. The van der Waals surface area contributed by atoms with E-state index in [0.717, 1.165) is 0 Å². The van der Waals surface area contributed by atoms with E-state index in [2.05, 4.69) is 4.74 Å². The van der Waals surface area contributed by atoms with Gasteiger partial charge in [0.25, 0.3) is 0 Å². The Hall–Kier alpha value is -1.62. The van der Waals surface area contributed by atoms with Gasteiger partial charge in [0.1, 0.15) is 10.8 Å². The zero-order valence-electron chi connectivity index (χ0n) is 10.8. The average molecular weight is 289 g/mol. The number of hydrogen-bond acceptors (Lipinski definition) is 4. The number of Topliss-reactive ketones (excluding diaryl/α,β-unsaturated/α-hetero) is 1. The Morgan fingerprint density at radius 1 is 1.37 bits per heavy atom. The summed E-state index contributed by atoms with van der Waals surface area (Å²) in [6, 6.07) is 2.69. The van der Waals surface area contributed by atoms with Gasteiger partial charge >= 0.3 is 5.97 Å². The molecule has 6 heteroatoms. The van der Waals surface area contributed by atoms with Crippen LogP contribution in [-0.2, 0) is 9.53 Å². The van der Waals surface area contributed by atoms with Crippen molar-refractivity contribution in [3.05, 3.63) is 28.5 Å². The second kappa shape index (κ2) is 6.52. The molecule has 0 fully saturated rings. The zero-order chi connectivity index (χ0) is 14.6. The molecule has 104 valence electrons. The van der Waals surface area contributed by atoms with Crippen molar-refractivity contribution in [2.75, 3.05) is 14.2 Å². The normalized spacial score (nSPS) is 11.8. The van der Waals surface area contributed by atoms with Gasteiger partial charge < -0.3 is 9.47 Å². The summed E-state index contributed by atoms with van der Waals surface area (Å²) in [6.07, 6.45) is -0.113. The quantitative estimate of drug-likeness (QED) is 0.617. The first-order valence-corrected chi connectivity index (χ1v) is 5.93. The van der Waals surface area contributed by atoms with E-state index in [1.165, 1.54) is 33.3 Å². The third-order valence-electron chi connectivity index (χ3n) is 2.68. The minimum absolute atomic E-state index is 0.113. The number of ketones is 1. The highest BCUT2D eigenvalue weighted by molar-refractivity contribution is 6.32. The van der Waals surface area contributed by atoms with Gasteiger partial charge in [0.15, 0.2) is 11.6 Å². The average Bonchev–Trinajstić information content (AvgIpc) is 2.40. The number of ether oxygens (including phenoxy) is 2. The van der Waals surface area contributed by atoms with Crippen LogP contribution in [0.4, 0.5) is 4.39 Å². The van der Waals surface area contributed by atoms with Crippen molar-refractivity contribution in [2.24, 2.45) is 5.92 Å². The van der Waals surface area contributed by atoms with Crippen molar-refractivity contribution < 1.29 is 23.5 Å². The lowest BCUT2D eigenvalue weighted by Gasteiger charge is -2.12. The Morgan fingerprint density at radius 2 is 2.00 bits per heavy atom. The molecule has 0 saturated carbocycles. The van der Waals surface area contributed by atoms with E-state index in [1.807, 2.05) is 0 Å². The van der Waals surface area contributed by atoms with E-state index in [-0.39, 0.29) is 22.8 Å². The van der Waals surface area contributed by atoms with Crippen LogP contribution in [0, 0.1) is 11.7 Å². The Kier molecular flexibility index (Phi) is 5.30. The number of benzene rings is 1. The molecule has 0 saturated heterocycles. The van der Waals surface area contributed by atoms with Gasteiger partial charge in [-0.25, -0.2) is 4.39 Å². The van der Waals surface area contributed by atoms with E-state index in [4.69, 9.17) is 16.3 Å². The largest absolute Gasteiger partial charge is 0.495 e. The lowest BCUT2D eigenvalue weighted by molar-refractivity contribution is -0.141. The van der Waals surface area contributed by atoms with Gasteiger partial charge in [-0.2, -0.15) is 0 Å². The summed E-state index contributed by atoms with van der Waals surface area (Å²) in [5.74, 6) is -2.42. The summed E-state index contributed by atoms with van der Waals surface area (Å²) in [4.78, 5) is 23.1. The fourth-order valence-corrected chi connectivity index (χ4v) is 1.81. The number of esters is 1. The predicted molar refractivity (Wildman–Crippen MR) is 68.1 cm³/mol. The van der Waals surface area contributed by atoms with Crippen LogP contribution in [0.3, 0.4) is 0 Å². The molecule has 1 unspecified atom stereocenters. The molecule has 4 nitrogen and oxygen atoms in total. The Bertz CT molecular complexity index is 502. The number of rotatable bonds is 5. The molecule has 0 heterocycles. The molecule has 1 aromatic carbocycles. The van der Waals surface area contributed by atoms with Crippen LogP contribution in [0.1, 0.15) is 23.7 Å². The standard InChI is InChI=1S/C13H14ClFO4/c1-7(6-10(16)19-3)13(17)8-4-5-9(18-2)11(14)12(8)15/h4-5,7H,6H2,1-3H3. The van der Waals surface area contributed by atoms with Gasteiger partial charge in [-0.3, -0.25) is 9.59 Å². The SMILES string of the molecule is COC(=O)CC(C)C(=O)c1ccc(OC)c(Cl)c1F. The minimum Gasteiger partial charge on any atom is -0.495 e. The van der Waals surface area contributed by atoms with E-state index >= 15 is 0 Å². The molecule has 1 aromatic rings. The summed E-state index contributed by atoms with van der Waals surface area (Å²) in [7, 11) is 2.58. The molecule has 0 aliphatic carbocycles. The summed E-state index contributed by atoms with van der Waals surface area (Å²) in [6.45, 7) is 1.52. The molecule has 0 amide bonds. The first-order chi connectivity index (χ1) is 8.92. The number of carbonyl (C=O) groups excluding carboxylic acids is 2. The Labute approximate surface area is 115 Å². The van der Waals surface area contributed by atoms with Crippen molar-refractivity contribution in [3.8, 4) is 5.75 Å². The van der Waals surface area contributed by atoms with E-state index in [0.29, 0.717) is 0 Å². The van der Waals surface area contributed by atoms with Crippen molar-refractivity contribution in [1.82, 2.24) is 0 Å². The molecule has 0 aliphatic rings. The van der Waals surface area contributed by atoms with Gasteiger partial charge in [0.2, 0.25) is 0 Å². The molecule has 0 aliphatic heterocycles. The van der Waals surface area contributed by atoms with Crippen molar-refractivity contribution in [3.63, 3.8) is 0 Å². The summed E-state index contributed by atoms with van der Waals surface area (Å²) in [5.41, 5.74) is -0.165. The van der Waals surface area contributed by atoms with Crippen LogP contribution in [0.5, 0.6) is 5.75 Å². The van der Waals surface area contributed by atoms with Crippen LogP contribution in [0.2, 0.25) is 5.02 Å². The number of methoxy groups -OCH3 is 2. The van der Waals surface area contributed by atoms with Crippen LogP contribution in [0.25, 0.3) is 0 Å². The van der Waals surface area contributed by atoms with Gasteiger partial charge in [-0.05, 0) is 12.1 Å². The highest BCUT2D eigenvalue weighted by Gasteiger charge is 2.24. The summed E-state index contributed by atoms with van der Waals surface area (Å²) < 4.78 is 23.2. The monoisotopic (exact) mass is 288 g/mol. The van der Waals surface area contributed by atoms with Crippen LogP contribution < -0.4 is 4.74 Å². The zero-order valence-corrected chi connectivity index (χ0v) is 11.6. The number of carbonyl (C=O) groups is 2. The molecular weight excluding hydrogens is 275 g/mol. The fraction of sp³-hybridized carbons (Fsp3) is 0.385.